The van der Waals surface area contributed by atoms with E-state index in [2.05, 4.69) is 5.10 Å². The van der Waals surface area contributed by atoms with Crippen LogP contribution in [0.15, 0.2) is 47.5 Å². The van der Waals surface area contributed by atoms with E-state index in [1.165, 1.54) is 12.5 Å². The van der Waals surface area contributed by atoms with E-state index in [1.807, 2.05) is 37.3 Å². The second kappa shape index (κ2) is 8.44. The summed E-state index contributed by atoms with van der Waals surface area (Å²) < 4.78 is 32.0. The van der Waals surface area contributed by atoms with Crippen LogP contribution in [0, 0.1) is 20.8 Å². The number of aromatic nitrogens is 2. The minimum absolute atomic E-state index is 0.235. The zero-order chi connectivity index (χ0) is 22.1. The van der Waals surface area contributed by atoms with E-state index < -0.39 is 9.84 Å². The van der Waals surface area contributed by atoms with Crippen molar-refractivity contribution in [3.05, 3.63) is 76.0 Å². The Balaban J connectivity index is 2.03. The largest absolute Gasteiger partial charge is 0.472 e. The van der Waals surface area contributed by atoms with E-state index in [1.54, 1.807) is 31.5 Å². The van der Waals surface area contributed by atoms with Crippen LogP contribution >= 0.6 is 0 Å². The fourth-order valence-corrected chi connectivity index (χ4v) is 5.00. The molecule has 0 fully saturated rings. The molecule has 1 aromatic heterocycles. The molecule has 3 aromatic rings. The second-order valence-electron chi connectivity index (χ2n) is 7.37. The molecule has 6 nitrogen and oxygen atoms in total. The van der Waals surface area contributed by atoms with Gasteiger partial charge < -0.3 is 4.74 Å². The predicted molar refractivity (Wildman–Crippen MR) is 116 cm³/mol. The van der Waals surface area contributed by atoms with Crippen molar-refractivity contribution in [2.75, 3.05) is 6.26 Å². The van der Waals surface area contributed by atoms with Crippen LogP contribution in [0.3, 0.4) is 0 Å². The highest BCUT2D eigenvalue weighted by Crippen LogP contribution is 2.30. The van der Waals surface area contributed by atoms with Crippen molar-refractivity contribution in [1.82, 2.24) is 9.78 Å². The Morgan fingerprint density at radius 1 is 1.07 bits per heavy atom. The summed E-state index contributed by atoms with van der Waals surface area (Å²) in [6.07, 6.45) is 2.70. The minimum Gasteiger partial charge on any atom is -0.472 e. The molecule has 3 rings (SSSR count). The van der Waals surface area contributed by atoms with Crippen LogP contribution in [-0.4, -0.2) is 30.2 Å². The molecule has 0 radical (unpaired) electrons. The summed E-state index contributed by atoms with van der Waals surface area (Å²) in [5, 5.41) is 4.30. The standard InChI is InChI=1S/C23H26N2O4S/c1-6-25-23(29-14-18-10-8-7-9-11-18)20(13-24-25)21(26)19-12-15(2)22(30(5,27)28)17(4)16(19)3/h7-13H,6,14H2,1-5H3. The number of rotatable bonds is 7. The smallest absolute Gasteiger partial charge is 0.223 e. The molecular weight excluding hydrogens is 400 g/mol. The van der Waals surface area contributed by atoms with Crippen molar-refractivity contribution in [1.29, 1.82) is 0 Å². The fourth-order valence-electron chi connectivity index (χ4n) is 3.64. The fraction of sp³-hybridized carbons (Fsp3) is 0.304. The van der Waals surface area contributed by atoms with Gasteiger partial charge in [-0.1, -0.05) is 30.3 Å². The molecule has 7 heteroatoms. The van der Waals surface area contributed by atoms with E-state index in [0.29, 0.717) is 46.8 Å². The number of hydrogen-bond acceptors (Lipinski definition) is 5. The van der Waals surface area contributed by atoms with Crippen LogP contribution < -0.4 is 4.74 Å². The van der Waals surface area contributed by atoms with Crippen molar-refractivity contribution in [2.24, 2.45) is 0 Å². The van der Waals surface area contributed by atoms with Gasteiger partial charge in [0.15, 0.2) is 15.6 Å². The summed E-state index contributed by atoms with van der Waals surface area (Å²) in [7, 11) is -3.39. The third-order valence-corrected chi connectivity index (χ3v) is 6.56. The second-order valence-corrected chi connectivity index (χ2v) is 9.33. The van der Waals surface area contributed by atoms with E-state index in [0.717, 1.165) is 5.56 Å². The van der Waals surface area contributed by atoms with Crippen LogP contribution in [0.5, 0.6) is 5.88 Å². The summed E-state index contributed by atoms with van der Waals surface area (Å²) in [6, 6.07) is 11.3. The van der Waals surface area contributed by atoms with Crippen molar-refractivity contribution in [3.8, 4) is 5.88 Å². The Morgan fingerprint density at radius 3 is 2.33 bits per heavy atom. The third kappa shape index (κ3) is 4.16. The Bertz CT molecular complexity index is 1200. The number of ether oxygens (including phenoxy) is 1. The van der Waals surface area contributed by atoms with Gasteiger partial charge in [0.2, 0.25) is 5.88 Å². The molecule has 2 aromatic carbocycles. The number of nitrogens with zero attached hydrogens (tertiary/aromatic N) is 2. The van der Waals surface area contributed by atoms with Gasteiger partial charge in [-0.25, -0.2) is 13.1 Å². The van der Waals surface area contributed by atoms with Gasteiger partial charge in [-0.2, -0.15) is 5.10 Å². The van der Waals surface area contributed by atoms with Crippen LogP contribution in [0.4, 0.5) is 0 Å². The SMILES string of the molecule is CCn1ncc(C(=O)c2cc(C)c(S(C)(=O)=O)c(C)c2C)c1OCc1ccccc1. The Labute approximate surface area is 177 Å². The molecule has 0 unspecified atom stereocenters. The number of ketones is 1. The first-order valence-electron chi connectivity index (χ1n) is 9.73. The first-order valence-corrected chi connectivity index (χ1v) is 11.6. The molecule has 0 saturated heterocycles. The molecule has 0 spiro atoms. The third-order valence-electron chi connectivity index (χ3n) is 5.20. The molecule has 30 heavy (non-hydrogen) atoms. The number of aryl methyl sites for hydroxylation is 2. The van der Waals surface area contributed by atoms with E-state index >= 15 is 0 Å². The van der Waals surface area contributed by atoms with Crippen molar-refractivity contribution in [3.63, 3.8) is 0 Å². The molecule has 1 heterocycles. The van der Waals surface area contributed by atoms with Gasteiger partial charge in [0, 0.05) is 18.4 Å². The van der Waals surface area contributed by atoms with Gasteiger partial charge in [-0.15, -0.1) is 0 Å². The van der Waals surface area contributed by atoms with Crippen molar-refractivity contribution >= 4 is 15.6 Å². The lowest BCUT2D eigenvalue weighted by Gasteiger charge is -2.15. The van der Waals surface area contributed by atoms with Gasteiger partial charge in [-0.3, -0.25) is 4.79 Å². The molecule has 0 amide bonds. The van der Waals surface area contributed by atoms with Crippen LogP contribution in [-0.2, 0) is 23.0 Å². The van der Waals surface area contributed by atoms with Crippen LogP contribution in [0.25, 0.3) is 0 Å². The lowest BCUT2D eigenvalue weighted by molar-refractivity contribution is 0.103. The van der Waals surface area contributed by atoms with E-state index in [9.17, 15) is 13.2 Å². The molecular formula is C23H26N2O4S. The normalized spacial score (nSPS) is 11.5. The van der Waals surface area contributed by atoms with Gasteiger partial charge in [0.1, 0.15) is 12.2 Å². The van der Waals surface area contributed by atoms with Gasteiger partial charge >= 0.3 is 0 Å². The topological polar surface area (TPSA) is 78.3 Å². The summed E-state index contributed by atoms with van der Waals surface area (Å²) in [5.41, 5.74) is 3.60. The lowest BCUT2D eigenvalue weighted by Crippen LogP contribution is -2.12. The highest BCUT2D eigenvalue weighted by molar-refractivity contribution is 7.90. The highest BCUT2D eigenvalue weighted by atomic mass is 32.2. The maximum atomic E-state index is 13.4. The number of benzene rings is 2. The highest BCUT2D eigenvalue weighted by Gasteiger charge is 2.25. The van der Waals surface area contributed by atoms with Crippen LogP contribution in [0.1, 0.15) is 45.1 Å². The Hall–Kier alpha value is -2.93. The number of sulfone groups is 1. The average molecular weight is 427 g/mol. The average Bonchev–Trinajstić information content (AvgIpc) is 3.11. The van der Waals surface area contributed by atoms with Crippen molar-refractivity contribution < 1.29 is 17.9 Å². The molecule has 0 atom stereocenters. The Kier molecular flexibility index (Phi) is 6.12. The first-order chi connectivity index (χ1) is 14.1. The molecule has 158 valence electrons. The summed E-state index contributed by atoms with van der Waals surface area (Å²) in [5.74, 6) is 0.176. The van der Waals surface area contributed by atoms with Gasteiger partial charge in [-0.05, 0) is 56.0 Å². The molecule has 0 saturated carbocycles. The maximum absolute atomic E-state index is 13.4. The predicted octanol–water partition coefficient (Wildman–Crippen LogP) is 4.04. The number of carbonyl (C=O) groups excluding carboxylic acids is 1. The van der Waals surface area contributed by atoms with E-state index in [-0.39, 0.29) is 10.7 Å². The van der Waals surface area contributed by atoms with Gasteiger partial charge in [0.05, 0.1) is 11.1 Å². The van der Waals surface area contributed by atoms with E-state index in [4.69, 9.17) is 4.74 Å². The number of hydrogen-bond donors (Lipinski definition) is 0. The van der Waals surface area contributed by atoms with Gasteiger partial charge in [0.25, 0.3) is 0 Å². The van der Waals surface area contributed by atoms with Crippen molar-refractivity contribution in [2.45, 2.75) is 45.7 Å². The summed E-state index contributed by atoms with van der Waals surface area (Å²) in [4.78, 5) is 13.7. The molecule has 0 aliphatic rings. The van der Waals surface area contributed by atoms with Crippen LogP contribution in [0.2, 0.25) is 0 Å². The molecule has 0 N–H and O–H groups in total. The zero-order valence-electron chi connectivity index (χ0n) is 17.9. The summed E-state index contributed by atoms with van der Waals surface area (Å²) >= 11 is 0. The summed E-state index contributed by atoms with van der Waals surface area (Å²) in [6.45, 7) is 8.01. The molecule has 0 aliphatic carbocycles. The zero-order valence-corrected chi connectivity index (χ0v) is 18.7. The Morgan fingerprint density at radius 2 is 1.73 bits per heavy atom. The number of carbonyl (C=O) groups is 1. The molecule has 0 bridgehead atoms. The monoisotopic (exact) mass is 426 g/mol. The first kappa shape index (κ1) is 21.8. The molecule has 0 aliphatic heterocycles. The lowest BCUT2D eigenvalue weighted by atomic mass is 9.95. The maximum Gasteiger partial charge on any atom is 0.223 e. The quantitative estimate of drug-likeness (QED) is 0.533. The minimum atomic E-state index is -3.39.